The van der Waals surface area contributed by atoms with Gasteiger partial charge in [-0.3, -0.25) is 9.78 Å². The van der Waals surface area contributed by atoms with Gasteiger partial charge in [-0.15, -0.1) is 0 Å². The van der Waals surface area contributed by atoms with E-state index in [4.69, 9.17) is 0 Å². The lowest BCUT2D eigenvalue weighted by Crippen LogP contribution is -2.16. The molecule has 2 aromatic carbocycles. The van der Waals surface area contributed by atoms with Gasteiger partial charge in [0.25, 0.3) is 5.56 Å². The van der Waals surface area contributed by atoms with Gasteiger partial charge in [-0.05, 0) is 22.0 Å². The molecule has 0 saturated carbocycles. The molecule has 0 saturated heterocycles. The number of aromatic nitrogens is 2. The average Bonchev–Trinajstić information content (AvgIpc) is 2.64. The Morgan fingerprint density at radius 1 is 1.26 bits per heavy atom. The van der Waals surface area contributed by atoms with Crippen molar-refractivity contribution in [3.8, 4) is 17.3 Å². The van der Waals surface area contributed by atoms with Crippen molar-refractivity contribution >= 4 is 28.1 Å². The van der Waals surface area contributed by atoms with E-state index in [0.29, 0.717) is 5.56 Å². The number of anilines is 1. The number of hydrogen-bond acceptors (Lipinski definition) is 5. The molecule has 0 aliphatic heterocycles. The number of nitriles is 1. The van der Waals surface area contributed by atoms with Crippen LogP contribution in [0.4, 0.5) is 14.7 Å². The van der Waals surface area contributed by atoms with Crippen molar-refractivity contribution in [1.29, 1.82) is 5.26 Å². The molecule has 1 aromatic heterocycles. The largest absolute Gasteiger partial charge is 0.290 e. The topological polar surface area (TPSA) is 93.9 Å². The van der Waals surface area contributed by atoms with E-state index in [9.17, 15) is 18.8 Å². The summed E-state index contributed by atoms with van der Waals surface area (Å²) in [7, 11) is 0. The number of halogens is 3. The van der Waals surface area contributed by atoms with E-state index < -0.39 is 17.2 Å². The van der Waals surface area contributed by atoms with Crippen LogP contribution in [0.3, 0.4) is 0 Å². The summed E-state index contributed by atoms with van der Waals surface area (Å²) in [6, 6.07) is 12.4. The summed E-state index contributed by atoms with van der Waals surface area (Å²) >= 11 is 3.05. The fourth-order valence-corrected chi connectivity index (χ4v) is 2.78. The molecule has 2 N–H and O–H groups in total. The molecular formula is C18H10BrF2N5O. The summed E-state index contributed by atoms with van der Waals surface area (Å²) < 4.78 is 27.1. The van der Waals surface area contributed by atoms with Crippen molar-refractivity contribution in [2.75, 3.05) is 5.43 Å². The molecule has 27 heavy (non-hydrogen) atoms. The van der Waals surface area contributed by atoms with Gasteiger partial charge in [0.2, 0.25) is 5.95 Å². The van der Waals surface area contributed by atoms with E-state index >= 15 is 0 Å². The van der Waals surface area contributed by atoms with Gasteiger partial charge < -0.3 is 0 Å². The summed E-state index contributed by atoms with van der Waals surface area (Å²) in [4.78, 5) is 18.7. The number of rotatable bonds is 4. The van der Waals surface area contributed by atoms with Crippen molar-refractivity contribution in [1.82, 2.24) is 9.97 Å². The lowest BCUT2D eigenvalue weighted by atomic mass is 10.1. The number of H-pyrrole nitrogens is 1. The van der Waals surface area contributed by atoms with Gasteiger partial charge >= 0.3 is 0 Å². The van der Waals surface area contributed by atoms with Crippen molar-refractivity contribution in [3.05, 3.63) is 80.1 Å². The second kappa shape index (κ2) is 7.88. The third-order valence-electron chi connectivity index (χ3n) is 3.49. The fraction of sp³-hybridized carbons (Fsp3) is 0. The van der Waals surface area contributed by atoms with Crippen LogP contribution in [0.2, 0.25) is 0 Å². The molecule has 3 rings (SSSR count). The molecule has 0 aliphatic rings. The Morgan fingerprint density at radius 2 is 2.00 bits per heavy atom. The highest BCUT2D eigenvalue weighted by Gasteiger charge is 2.13. The second-order valence-corrected chi connectivity index (χ2v) is 6.12. The molecule has 9 heteroatoms. The Kier molecular flexibility index (Phi) is 5.38. The zero-order valence-corrected chi connectivity index (χ0v) is 15.1. The van der Waals surface area contributed by atoms with Crippen LogP contribution in [0.5, 0.6) is 0 Å². The minimum absolute atomic E-state index is 0.0168. The van der Waals surface area contributed by atoms with E-state index in [1.54, 1.807) is 30.3 Å². The Labute approximate surface area is 160 Å². The number of nitrogens with one attached hydrogen (secondary N) is 2. The van der Waals surface area contributed by atoms with Crippen LogP contribution in [-0.4, -0.2) is 16.2 Å². The highest BCUT2D eigenvalue weighted by atomic mass is 79.9. The molecule has 134 valence electrons. The van der Waals surface area contributed by atoms with E-state index in [1.165, 1.54) is 0 Å². The molecule has 0 aliphatic carbocycles. The highest BCUT2D eigenvalue weighted by Crippen LogP contribution is 2.21. The number of nitrogens with zero attached hydrogens (tertiary/aromatic N) is 3. The molecule has 1 heterocycles. The summed E-state index contributed by atoms with van der Waals surface area (Å²) in [5.41, 5.74) is 2.49. The smallest absolute Gasteiger partial charge is 0.270 e. The minimum Gasteiger partial charge on any atom is -0.290 e. The Hall–Kier alpha value is -3.38. The van der Waals surface area contributed by atoms with Gasteiger partial charge in [0, 0.05) is 21.7 Å². The Balaban J connectivity index is 1.94. The molecule has 6 nitrogen and oxygen atoms in total. The minimum atomic E-state index is -0.807. The SMILES string of the molecule is N#Cc1c(-c2ccccc2)nc(NN=Cc2c(F)cc(F)cc2Br)[nH]c1=O. The predicted molar refractivity (Wildman–Crippen MR) is 100 cm³/mol. The Bertz CT molecular complexity index is 1100. The number of benzene rings is 2. The maximum absolute atomic E-state index is 13.8. The van der Waals surface area contributed by atoms with E-state index in [0.717, 1.165) is 18.3 Å². The monoisotopic (exact) mass is 429 g/mol. The zero-order valence-electron chi connectivity index (χ0n) is 13.5. The molecule has 0 atom stereocenters. The molecule has 0 fully saturated rings. The second-order valence-electron chi connectivity index (χ2n) is 5.27. The van der Waals surface area contributed by atoms with Gasteiger partial charge in [0.1, 0.15) is 23.3 Å². The first-order valence-electron chi connectivity index (χ1n) is 7.53. The molecule has 0 spiro atoms. The molecule has 0 bridgehead atoms. The third-order valence-corrected chi connectivity index (χ3v) is 4.14. The van der Waals surface area contributed by atoms with Crippen molar-refractivity contribution < 1.29 is 8.78 Å². The molecule has 0 radical (unpaired) electrons. The third kappa shape index (κ3) is 4.07. The van der Waals surface area contributed by atoms with Crippen LogP contribution in [0.25, 0.3) is 11.3 Å². The molecule has 3 aromatic rings. The van der Waals surface area contributed by atoms with Crippen LogP contribution in [0.15, 0.2) is 56.8 Å². The molecule has 0 amide bonds. The van der Waals surface area contributed by atoms with Crippen molar-refractivity contribution in [2.24, 2.45) is 5.10 Å². The van der Waals surface area contributed by atoms with Crippen LogP contribution >= 0.6 is 15.9 Å². The number of hydrogen-bond donors (Lipinski definition) is 2. The normalized spacial score (nSPS) is 10.7. The van der Waals surface area contributed by atoms with E-state index in [-0.39, 0.29) is 27.2 Å². The maximum atomic E-state index is 13.8. The standard InChI is InChI=1S/C18H10BrF2N5O/c19-14-6-11(20)7-15(21)13(14)9-23-26-18-24-16(10-4-2-1-3-5-10)12(8-22)17(27)25-18/h1-7,9H,(H2,24,25,26,27). The first kappa shape index (κ1) is 18.4. The van der Waals surface area contributed by atoms with Crippen LogP contribution in [0.1, 0.15) is 11.1 Å². The van der Waals surface area contributed by atoms with Crippen LogP contribution in [-0.2, 0) is 0 Å². The summed E-state index contributed by atoms with van der Waals surface area (Å²) in [5, 5.41) is 13.0. The van der Waals surface area contributed by atoms with Gasteiger partial charge in [0.05, 0.1) is 11.9 Å². The van der Waals surface area contributed by atoms with Gasteiger partial charge in [-0.1, -0.05) is 30.3 Å². The summed E-state index contributed by atoms with van der Waals surface area (Å²) in [6.45, 7) is 0. The van der Waals surface area contributed by atoms with Crippen molar-refractivity contribution in [2.45, 2.75) is 0 Å². The van der Waals surface area contributed by atoms with Gasteiger partial charge in [-0.2, -0.15) is 10.4 Å². The zero-order chi connectivity index (χ0) is 19.4. The maximum Gasteiger partial charge on any atom is 0.270 e. The molecular weight excluding hydrogens is 420 g/mol. The lowest BCUT2D eigenvalue weighted by molar-refractivity contribution is 0.580. The van der Waals surface area contributed by atoms with Gasteiger partial charge in [-0.25, -0.2) is 19.2 Å². The summed E-state index contributed by atoms with van der Waals surface area (Å²) in [6.07, 6.45) is 1.11. The van der Waals surface area contributed by atoms with Crippen LogP contribution in [0, 0.1) is 23.0 Å². The van der Waals surface area contributed by atoms with E-state index in [1.807, 2.05) is 6.07 Å². The number of hydrazone groups is 1. The highest BCUT2D eigenvalue weighted by molar-refractivity contribution is 9.10. The Morgan fingerprint density at radius 3 is 2.67 bits per heavy atom. The molecule has 0 unspecified atom stereocenters. The van der Waals surface area contributed by atoms with E-state index in [2.05, 4.69) is 36.4 Å². The summed E-state index contributed by atoms with van der Waals surface area (Å²) in [5.74, 6) is -1.57. The quantitative estimate of drug-likeness (QED) is 0.487. The lowest BCUT2D eigenvalue weighted by Gasteiger charge is -2.06. The predicted octanol–water partition coefficient (Wildman–Crippen LogP) is 3.80. The average molecular weight is 430 g/mol. The van der Waals surface area contributed by atoms with Crippen molar-refractivity contribution in [3.63, 3.8) is 0 Å². The first-order valence-corrected chi connectivity index (χ1v) is 8.32. The number of aromatic amines is 1. The fourth-order valence-electron chi connectivity index (χ4n) is 2.27. The first-order chi connectivity index (χ1) is 13.0. The van der Waals surface area contributed by atoms with Crippen LogP contribution < -0.4 is 11.0 Å². The van der Waals surface area contributed by atoms with Gasteiger partial charge in [0.15, 0.2) is 0 Å².